The van der Waals surface area contributed by atoms with E-state index < -0.39 is 0 Å². The number of hydrogen-bond donors (Lipinski definition) is 2. The summed E-state index contributed by atoms with van der Waals surface area (Å²) in [6, 6.07) is 9.42. The lowest BCUT2D eigenvalue weighted by Gasteiger charge is -2.15. The first-order valence-corrected chi connectivity index (χ1v) is 11.1. The van der Waals surface area contributed by atoms with Crippen molar-refractivity contribution in [3.05, 3.63) is 48.4 Å². The highest BCUT2D eigenvalue weighted by molar-refractivity contribution is 7.98. The van der Waals surface area contributed by atoms with Gasteiger partial charge in [0.25, 0.3) is 0 Å². The molecule has 0 saturated heterocycles. The zero-order chi connectivity index (χ0) is 21.8. The molecule has 1 aromatic carbocycles. The van der Waals surface area contributed by atoms with Crippen molar-refractivity contribution in [1.82, 2.24) is 15.0 Å². The number of nitrogens with zero attached hydrogens (tertiary/aromatic N) is 3. The summed E-state index contributed by atoms with van der Waals surface area (Å²) in [6.45, 7) is 4.34. The zero-order valence-corrected chi connectivity index (χ0v) is 18.3. The average molecular weight is 441 g/mol. The van der Waals surface area contributed by atoms with Crippen LogP contribution in [-0.4, -0.2) is 57.6 Å². The number of aliphatic imine (C=N–C) groups is 1. The van der Waals surface area contributed by atoms with Gasteiger partial charge in [-0.25, -0.2) is 15.0 Å². The highest BCUT2D eigenvalue weighted by Gasteiger charge is 2.19. The summed E-state index contributed by atoms with van der Waals surface area (Å²) in [5.74, 6) is 2.11. The van der Waals surface area contributed by atoms with Gasteiger partial charge in [-0.3, -0.25) is 0 Å². The summed E-state index contributed by atoms with van der Waals surface area (Å²) in [6.07, 6.45) is 4.91. The SMILES string of the molecule is CSc1cnc(Oc2cc(OC(C)CO)cc(-c3ccc(C4=NCC(C)O4)[nH]3)c2)cn1. The number of hydrogen-bond acceptors (Lipinski definition) is 8. The predicted molar refractivity (Wildman–Crippen MR) is 119 cm³/mol. The molecule has 8 nitrogen and oxygen atoms in total. The van der Waals surface area contributed by atoms with E-state index in [9.17, 15) is 5.11 Å². The van der Waals surface area contributed by atoms with E-state index in [0.29, 0.717) is 29.8 Å². The fourth-order valence-electron chi connectivity index (χ4n) is 3.02. The maximum Gasteiger partial charge on any atom is 0.237 e. The van der Waals surface area contributed by atoms with Crippen LogP contribution in [0.3, 0.4) is 0 Å². The van der Waals surface area contributed by atoms with Crippen LogP contribution in [0, 0.1) is 0 Å². The number of aliphatic hydroxyl groups is 1. The number of H-pyrrole nitrogens is 1. The van der Waals surface area contributed by atoms with Gasteiger partial charge in [-0.2, -0.15) is 0 Å². The fraction of sp³-hybridized carbons (Fsp3) is 0.318. The molecule has 2 unspecified atom stereocenters. The van der Waals surface area contributed by atoms with Gasteiger partial charge in [0, 0.05) is 17.3 Å². The molecular formula is C22H24N4O4S. The van der Waals surface area contributed by atoms with Crippen LogP contribution < -0.4 is 9.47 Å². The molecule has 2 aromatic heterocycles. The van der Waals surface area contributed by atoms with Gasteiger partial charge >= 0.3 is 0 Å². The zero-order valence-electron chi connectivity index (χ0n) is 17.5. The quantitative estimate of drug-likeness (QED) is 0.512. The number of aromatic amines is 1. The Morgan fingerprint density at radius 2 is 2.00 bits per heavy atom. The predicted octanol–water partition coefficient (Wildman–Crippen LogP) is 3.91. The molecule has 0 amide bonds. The monoisotopic (exact) mass is 440 g/mol. The van der Waals surface area contributed by atoms with E-state index in [4.69, 9.17) is 14.2 Å². The second-order valence-corrected chi connectivity index (χ2v) is 7.99. The molecule has 31 heavy (non-hydrogen) atoms. The number of nitrogens with one attached hydrogen (secondary N) is 1. The van der Waals surface area contributed by atoms with E-state index in [0.717, 1.165) is 22.0 Å². The fourth-order valence-corrected chi connectivity index (χ4v) is 3.34. The van der Waals surface area contributed by atoms with Gasteiger partial charge in [0.05, 0.1) is 25.5 Å². The molecule has 0 saturated carbocycles. The Morgan fingerprint density at radius 1 is 1.19 bits per heavy atom. The van der Waals surface area contributed by atoms with Crippen molar-refractivity contribution < 1.29 is 19.3 Å². The Kier molecular flexibility index (Phi) is 6.43. The highest BCUT2D eigenvalue weighted by atomic mass is 32.2. The summed E-state index contributed by atoms with van der Waals surface area (Å²) >= 11 is 1.51. The van der Waals surface area contributed by atoms with Gasteiger partial charge in [0.2, 0.25) is 11.8 Å². The maximum atomic E-state index is 9.37. The Morgan fingerprint density at radius 3 is 2.68 bits per heavy atom. The minimum atomic E-state index is -0.356. The third-order valence-corrected chi connectivity index (χ3v) is 5.17. The third kappa shape index (κ3) is 5.18. The molecule has 2 atom stereocenters. The van der Waals surface area contributed by atoms with Crippen molar-refractivity contribution in [2.45, 2.75) is 31.1 Å². The molecule has 3 heterocycles. The third-order valence-electron chi connectivity index (χ3n) is 4.54. The lowest BCUT2D eigenvalue weighted by atomic mass is 10.1. The Balaban J connectivity index is 1.63. The second kappa shape index (κ2) is 9.40. The van der Waals surface area contributed by atoms with Crippen molar-refractivity contribution in [3.63, 3.8) is 0 Å². The van der Waals surface area contributed by atoms with E-state index in [1.54, 1.807) is 25.4 Å². The van der Waals surface area contributed by atoms with E-state index in [-0.39, 0.29) is 18.8 Å². The van der Waals surface area contributed by atoms with Crippen molar-refractivity contribution in [1.29, 1.82) is 0 Å². The molecule has 0 fully saturated rings. The minimum absolute atomic E-state index is 0.0806. The van der Waals surface area contributed by atoms with Crippen LogP contribution in [0.5, 0.6) is 17.4 Å². The number of rotatable bonds is 8. The first-order chi connectivity index (χ1) is 15.0. The molecular weight excluding hydrogens is 416 g/mol. The molecule has 0 aliphatic carbocycles. The molecule has 3 aromatic rings. The molecule has 0 spiro atoms. The summed E-state index contributed by atoms with van der Waals surface area (Å²) in [5.41, 5.74) is 2.52. The number of aliphatic hydroxyl groups excluding tert-OH is 1. The largest absolute Gasteiger partial charge is 0.488 e. The van der Waals surface area contributed by atoms with Gasteiger partial charge in [-0.1, -0.05) is 0 Å². The van der Waals surface area contributed by atoms with Crippen molar-refractivity contribution in [2.24, 2.45) is 4.99 Å². The lowest BCUT2D eigenvalue weighted by Crippen LogP contribution is -2.16. The maximum absolute atomic E-state index is 9.37. The number of aromatic nitrogens is 3. The van der Waals surface area contributed by atoms with Gasteiger partial charge in [0.15, 0.2) is 0 Å². The van der Waals surface area contributed by atoms with Crippen LogP contribution >= 0.6 is 11.8 Å². The van der Waals surface area contributed by atoms with Gasteiger partial charge < -0.3 is 24.3 Å². The summed E-state index contributed by atoms with van der Waals surface area (Å²) in [7, 11) is 0. The van der Waals surface area contributed by atoms with E-state index in [1.165, 1.54) is 11.8 Å². The van der Waals surface area contributed by atoms with Crippen LogP contribution in [-0.2, 0) is 4.74 Å². The van der Waals surface area contributed by atoms with Gasteiger partial charge in [0.1, 0.15) is 34.4 Å². The second-order valence-electron chi connectivity index (χ2n) is 7.16. The molecule has 1 aliphatic rings. The smallest absolute Gasteiger partial charge is 0.237 e. The number of benzene rings is 1. The van der Waals surface area contributed by atoms with Crippen LogP contribution in [0.2, 0.25) is 0 Å². The first-order valence-electron chi connectivity index (χ1n) is 9.91. The number of thioether (sulfide) groups is 1. The van der Waals surface area contributed by atoms with Crippen LogP contribution in [0.15, 0.2) is 52.7 Å². The minimum Gasteiger partial charge on any atom is -0.488 e. The van der Waals surface area contributed by atoms with Gasteiger partial charge in [-0.15, -0.1) is 11.8 Å². The summed E-state index contributed by atoms with van der Waals surface area (Å²) in [4.78, 5) is 16.3. The standard InChI is InChI=1S/C22H24N4O4S/c1-13-9-25-22(29-13)19-5-4-18(26-19)15-6-16(28-14(2)12-27)8-17(7-15)30-20-10-24-21(31-3)11-23-20/h4-8,10-11,13-14,26-27H,9,12H2,1-3H3. The normalized spacial score (nSPS) is 16.5. The molecule has 0 radical (unpaired) electrons. The Bertz CT molecular complexity index is 1070. The van der Waals surface area contributed by atoms with Crippen molar-refractivity contribution in [2.75, 3.05) is 19.4 Å². The first kappa shape index (κ1) is 21.2. The van der Waals surface area contributed by atoms with Crippen LogP contribution in [0.25, 0.3) is 11.3 Å². The van der Waals surface area contributed by atoms with Gasteiger partial charge in [-0.05, 0) is 44.4 Å². The molecule has 162 valence electrons. The topological polar surface area (TPSA) is 102 Å². The number of ether oxygens (including phenoxy) is 3. The van der Waals surface area contributed by atoms with E-state index in [1.807, 2.05) is 37.4 Å². The summed E-state index contributed by atoms with van der Waals surface area (Å²) in [5, 5.41) is 10.2. The highest BCUT2D eigenvalue weighted by Crippen LogP contribution is 2.32. The summed E-state index contributed by atoms with van der Waals surface area (Å²) < 4.78 is 17.5. The molecule has 4 rings (SSSR count). The van der Waals surface area contributed by atoms with E-state index in [2.05, 4.69) is 19.9 Å². The van der Waals surface area contributed by atoms with Crippen molar-refractivity contribution >= 4 is 17.7 Å². The Labute approximate surface area is 184 Å². The van der Waals surface area contributed by atoms with Crippen LogP contribution in [0.1, 0.15) is 19.5 Å². The van der Waals surface area contributed by atoms with Crippen molar-refractivity contribution in [3.8, 4) is 28.6 Å². The van der Waals surface area contributed by atoms with E-state index >= 15 is 0 Å². The Hall–Kier alpha value is -3.04. The molecule has 1 aliphatic heterocycles. The average Bonchev–Trinajstić information content (AvgIpc) is 3.43. The molecule has 0 bridgehead atoms. The van der Waals surface area contributed by atoms with Crippen LogP contribution in [0.4, 0.5) is 0 Å². The molecule has 2 N–H and O–H groups in total. The lowest BCUT2D eigenvalue weighted by molar-refractivity contribution is 0.129. The molecule has 9 heteroatoms.